The fourth-order valence-electron chi connectivity index (χ4n) is 3.43. The fourth-order valence-corrected chi connectivity index (χ4v) is 3.43. The molecule has 0 bridgehead atoms. The molecular weight excluding hydrogens is 266 g/mol. The van der Waals surface area contributed by atoms with E-state index in [0.717, 1.165) is 36.4 Å². The summed E-state index contributed by atoms with van der Waals surface area (Å²) in [6, 6.07) is 0.200. The molecule has 1 saturated carbocycles. The highest BCUT2D eigenvalue weighted by Gasteiger charge is 2.30. The third-order valence-electron chi connectivity index (χ3n) is 4.74. The smallest absolute Gasteiger partial charge is 0.222 e. The van der Waals surface area contributed by atoms with E-state index in [2.05, 4.69) is 20.0 Å². The second-order valence-electron chi connectivity index (χ2n) is 6.23. The Labute approximate surface area is 123 Å². The lowest BCUT2D eigenvalue weighted by Crippen LogP contribution is -2.27. The van der Waals surface area contributed by atoms with Crippen LogP contribution in [0.15, 0.2) is 0 Å². The summed E-state index contributed by atoms with van der Waals surface area (Å²) in [5.74, 6) is 1.72. The summed E-state index contributed by atoms with van der Waals surface area (Å²) in [7, 11) is 1.99. The summed E-state index contributed by atoms with van der Waals surface area (Å²) in [5, 5.41) is 4.68. The van der Waals surface area contributed by atoms with E-state index in [0.29, 0.717) is 11.9 Å². The molecular formula is C14H21N7. The molecule has 1 aliphatic carbocycles. The lowest BCUT2D eigenvalue weighted by Gasteiger charge is -2.25. The van der Waals surface area contributed by atoms with Crippen LogP contribution in [0.4, 0.5) is 11.8 Å². The first-order chi connectivity index (χ1) is 10.1. The number of nitrogens with two attached hydrogens (primary N) is 2. The van der Waals surface area contributed by atoms with Crippen LogP contribution in [-0.2, 0) is 7.05 Å². The van der Waals surface area contributed by atoms with Crippen molar-refractivity contribution in [2.45, 2.75) is 37.6 Å². The van der Waals surface area contributed by atoms with E-state index in [1.54, 1.807) is 0 Å². The van der Waals surface area contributed by atoms with Gasteiger partial charge < -0.3 is 16.4 Å². The molecule has 0 aromatic carbocycles. The Kier molecular flexibility index (Phi) is 2.78. The molecule has 21 heavy (non-hydrogen) atoms. The number of anilines is 2. The van der Waals surface area contributed by atoms with Crippen molar-refractivity contribution in [1.29, 1.82) is 0 Å². The first kappa shape index (κ1) is 12.8. The van der Waals surface area contributed by atoms with E-state index in [-0.39, 0.29) is 6.04 Å². The van der Waals surface area contributed by atoms with Gasteiger partial charge in [0.05, 0.1) is 5.69 Å². The van der Waals surface area contributed by atoms with E-state index in [4.69, 9.17) is 11.5 Å². The summed E-state index contributed by atoms with van der Waals surface area (Å²) in [6.07, 6.45) is 4.68. The molecule has 1 saturated heterocycles. The highest BCUT2D eigenvalue weighted by Crippen LogP contribution is 2.40. The molecule has 0 amide bonds. The summed E-state index contributed by atoms with van der Waals surface area (Å²) in [5.41, 5.74) is 15.0. The maximum Gasteiger partial charge on any atom is 0.222 e. The summed E-state index contributed by atoms with van der Waals surface area (Å²) in [6.45, 7) is 1.71. The van der Waals surface area contributed by atoms with Crippen LogP contribution in [0.1, 0.15) is 37.3 Å². The van der Waals surface area contributed by atoms with E-state index in [9.17, 15) is 0 Å². The summed E-state index contributed by atoms with van der Waals surface area (Å²) >= 11 is 0. The topological polar surface area (TPSA) is 98.9 Å². The van der Waals surface area contributed by atoms with Gasteiger partial charge in [0, 0.05) is 32.1 Å². The Morgan fingerprint density at radius 3 is 2.57 bits per heavy atom. The minimum atomic E-state index is 0.200. The number of fused-ring (bicyclic) bond motifs is 1. The predicted molar refractivity (Wildman–Crippen MR) is 82.1 cm³/mol. The number of rotatable bonds is 2. The van der Waals surface area contributed by atoms with Gasteiger partial charge in [0.2, 0.25) is 5.95 Å². The summed E-state index contributed by atoms with van der Waals surface area (Å²) in [4.78, 5) is 11.1. The van der Waals surface area contributed by atoms with Gasteiger partial charge in [0.1, 0.15) is 5.52 Å². The first-order valence-electron chi connectivity index (χ1n) is 7.64. The van der Waals surface area contributed by atoms with Crippen LogP contribution in [-0.4, -0.2) is 38.9 Å². The molecule has 3 heterocycles. The molecule has 1 atom stereocenters. The molecule has 4 N–H and O–H groups in total. The van der Waals surface area contributed by atoms with Crippen molar-refractivity contribution in [2.24, 2.45) is 12.8 Å². The standard InChI is InChI=1S/C14H21N7/c1-20-12(8-3-2-4-8)10-11(19-20)13(18-14(16)17-10)21-6-5-9(15)7-21/h8-9H,2-7,15H2,1H3,(H2,16,17)/t9-/m1/s1. The third-order valence-corrected chi connectivity index (χ3v) is 4.74. The number of aromatic nitrogens is 4. The molecule has 7 heteroatoms. The Bertz CT molecular complexity index is 688. The highest BCUT2D eigenvalue weighted by molar-refractivity contribution is 5.89. The van der Waals surface area contributed by atoms with E-state index >= 15 is 0 Å². The van der Waals surface area contributed by atoms with Gasteiger partial charge >= 0.3 is 0 Å². The van der Waals surface area contributed by atoms with Crippen molar-refractivity contribution >= 4 is 22.8 Å². The predicted octanol–water partition coefficient (Wildman–Crippen LogP) is 0.750. The van der Waals surface area contributed by atoms with Crippen molar-refractivity contribution in [2.75, 3.05) is 23.7 Å². The minimum Gasteiger partial charge on any atom is -0.368 e. The molecule has 0 unspecified atom stereocenters. The monoisotopic (exact) mass is 287 g/mol. The average Bonchev–Trinajstić information content (AvgIpc) is 2.93. The second-order valence-corrected chi connectivity index (χ2v) is 6.23. The number of nitrogen functional groups attached to an aromatic ring is 1. The lowest BCUT2D eigenvalue weighted by molar-refractivity contribution is 0.399. The number of hydrogen-bond acceptors (Lipinski definition) is 6. The van der Waals surface area contributed by atoms with Crippen LogP contribution < -0.4 is 16.4 Å². The summed E-state index contributed by atoms with van der Waals surface area (Å²) < 4.78 is 1.96. The van der Waals surface area contributed by atoms with Gasteiger partial charge in [-0.05, 0) is 19.3 Å². The third kappa shape index (κ3) is 1.95. The van der Waals surface area contributed by atoms with Gasteiger partial charge in [-0.25, -0.2) is 4.98 Å². The first-order valence-corrected chi connectivity index (χ1v) is 7.64. The SMILES string of the molecule is Cn1nc2c(N3CC[C@@H](N)C3)nc(N)nc2c1C1CCC1. The van der Waals surface area contributed by atoms with Crippen molar-refractivity contribution < 1.29 is 0 Å². The zero-order valence-electron chi connectivity index (χ0n) is 12.3. The molecule has 7 nitrogen and oxygen atoms in total. The largest absolute Gasteiger partial charge is 0.368 e. The van der Waals surface area contributed by atoms with Crippen LogP contribution in [0.3, 0.4) is 0 Å². The van der Waals surface area contributed by atoms with Crippen molar-refractivity contribution in [3.8, 4) is 0 Å². The van der Waals surface area contributed by atoms with Crippen LogP contribution in [0.2, 0.25) is 0 Å². The van der Waals surface area contributed by atoms with E-state index in [1.165, 1.54) is 25.0 Å². The maximum atomic E-state index is 6.02. The van der Waals surface area contributed by atoms with Gasteiger partial charge in [-0.15, -0.1) is 0 Å². The molecule has 2 aromatic heterocycles. The Hall–Kier alpha value is -1.89. The molecule has 4 rings (SSSR count). The Morgan fingerprint density at radius 1 is 1.14 bits per heavy atom. The van der Waals surface area contributed by atoms with Crippen LogP contribution in [0.25, 0.3) is 11.0 Å². The Balaban J connectivity index is 1.87. The molecule has 1 aliphatic heterocycles. The molecule has 112 valence electrons. The fraction of sp³-hybridized carbons (Fsp3) is 0.643. The van der Waals surface area contributed by atoms with Gasteiger partial charge in [-0.1, -0.05) is 6.42 Å². The quantitative estimate of drug-likeness (QED) is 0.845. The maximum absolute atomic E-state index is 6.02. The normalized spacial score (nSPS) is 23.0. The zero-order chi connectivity index (χ0) is 14.6. The van der Waals surface area contributed by atoms with Gasteiger partial charge in [-0.2, -0.15) is 10.1 Å². The lowest BCUT2D eigenvalue weighted by atomic mass is 9.82. The van der Waals surface area contributed by atoms with Crippen LogP contribution in [0.5, 0.6) is 0 Å². The molecule has 0 spiro atoms. The molecule has 2 fully saturated rings. The van der Waals surface area contributed by atoms with Gasteiger partial charge in [0.25, 0.3) is 0 Å². The van der Waals surface area contributed by atoms with E-state index < -0.39 is 0 Å². The molecule has 2 aromatic rings. The molecule has 0 radical (unpaired) electrons. The van der Waals surface area contributed by atoms with Crippen LogP contribution >= 0.6 is 0 Å². The van der Waals surface area contributed by atoms with Crippen molar-refractivity contribution in [3.05, 3.63) is 5.69 Å². The van der Waals surface area contributed by atoms with Crippen molar-refractivity contribution in [1.82, 2.24) is 19.7 Å². The highest BCUT2D eigenvalue weighted by atomic mass is 15.3. The minimum absolute atomic E-state index is 0.200. The van der Waals surface area contributed by atoms with Crippen LogP contribution in [0, 0.1) is 0 Å². The number of hydrogen-bond donors (Lipinski definition) is 2. The van der Waals surface area contributed by atoms with Crippen molar-refractivity contribution in [3.63, 3.8) is 0 Å². The zero-order valence-corrected chi connectivity index (χ0v) is 12.3. The average molecular weight is 287 g/mol. The molecule has 2 aliphatic rings. The number of aryl methyl sites for hydroxylation is 1. The Morgan fingerprint density at radius 2 is 1.95 bits per heavy atom. The number of nitrogens with zero attached hydrogens (tertiary/aromatic N) is 5. The second kappa shape index (κ2) is 4.56. The van der Waals surface area contributed by atoms with Gasteiger partial charge in [0.15, 0.2) is 11.3 Å². The van der Waals surface area contributed by atoms with Gasteiger partial charge in [-0.3, -0.25) is 4.68 Å². The van der Waals surface area contributed by atoms with E-state index in [1.807, 2.05) is 11.7 Å².